The van der Waals surface area contributed by atoms with Crippen molar-refractivity contribution in [2.75, 3.05) is 19.1 Å². The van der Waals surface area contributed by atoms with Crippen LogP contribution in [-0.2, 0) is 4.57 Å². The summed E-state index contributed by atoms with van der Waals surface area (Å²) < 4.78 is 24.5. The Morgan fingerprint density at radius 3 is 2.42 bits per heavy atom. The molecule has 0 fully saturated rings. The van der Waals surface area contributed by atoms with E-state index >= 15 is 0 Å². The van der Waals surface area contributed by atoms with E-state index in [0.717, 1.165) is 0 Å². The van der Waals surface area contributed by atoms with Crippen LogP contribution in [0.25, 0.3) is 0 Å². The first-order chi connectivity index (χ1) is 5.41. The second-order valence-electron chi connectivity index (χ2n) is 3.06. The number of rotatable bonds is 1. The molecular formula is C8H11FNOP. The summed E-state index contributed by atoms with van der Waals surface area (Å²) in [4.78, 5) is 0. The first kappa shape index (κ1) is 9.27. The highest BCUT2D eigenvalue weighted by atomic mass is 31.2. The van der Waals surface area contributed by atoms with Crippen LogP contribution < -0.4 is 11.0 Å². The van der Waals surface area contributed by atoms with Gasteiger partial charge in [-0.25, -0.2) is 4.39 Å². The molecule has 66 valence electrons. The third-order valence-electron chi connectivity index (χ3n) is 1.55. The molecule has 0 aliphatic rings. The zero-order valence-electron chi connectivity index (χ0n) is 7.04. The van der Waals surface area contributed by atoms with Gasteiger partial charge in [0.25, 0.3) is 0 Å². The minimum atomic E-state index is -2.54. The topological polar surface area (TPSA) is 43.1 Å². The predicted molar refractivity (Wildman–Crippen MR) is 49.9 cm³/mol. The fraction of sp³-hybridized carbons (Fsp3) is 0.250. The molecule has 0 bridgehead atoms. The number of benzene rings is 1. The van der Waals surface area contributed by atoms with Crippen molar-refractivity contribution in [3.8, 4) is 0 Å². The van der Waals surface area contributed by atoms with Gasteiger partial charge in [-0.15, -0.1) is 0 Å². The smallest absolute Gasteiger partial charge is 0.134 e. The van der Waals surface area contributed by atoms with Crippen molar-refractivity contribution in [3.05, 3.63) is 24.0 Å². The molecule has 1 aromatic rings. The lowest BCUT2D eigenvalue weighted by Gasteiger charge is -2.08. The van der Waals surface area contributed by atoms with Crippen molar-refractivity contribution < 1.29 is 8.96 Å². The summed E-state index contributed by atoms with van der Waals surface area (Å²) in [6.45, 7) is 3.04. The van der Waals surface area contributed by atoms with Gasteiger partial charge in [0.05, 0.1) is 0 Å². The van der Waals surface area contributed by atoms with Gasteiger partial charge < -0.3 is 10.3 Å². The molecular weight excluding hydrogens is 176 g/mol. The summed E-state index contributed by atoms with van der Waals surface area (Å²) in [6.07, 6.45) is 0. The molecule has 0 atom stereocenters. The summed E-state index contributed by atoms with van der Waals surface area (Å²) in [6, 6.07) is 4.12. The molecule has 0 saturated heterocycles. The molecule has 0 aliphatic carbocycles. The highest BCUT2D eigenvalue weighted by Gasteiger charge is 2.15. The number of halogens is 1. The molecule has 0 amide bonds. The normalized spacial score (nSPS) is 11.6. The van der Waals surface area contributed by atoms with E-state index in [9.17, 15) is 8.96 Å². The highest BCUT2D eigenvalue weighted by molar-refractivity contribution is 7.70. The maximum absolute atomic E-state index is 13.0. The molecule has 1 aromatic carbocycles. The minimum Gasteiger partial charge on any atom is -0.399 e. The van der Waals surface area contributed by atoms with E-state index < -0.39 is 13.0 Å². The summed E-state index contributed by atoms with van der Waals surface area (Å²) in [5.41, 5.74) is 5.88. The van der Waals surface area contributed by atoms with Crippen LogP contribution in [0, 0.1) is 5.82 Å². The predicted octanol–water partition coefficient (Wildman–Crippen LogP) is 1.66. The number of hydrogen-bond acceptors (Lipinski definition) is 2. The lowest BCUT2D eigenvalue weighted by atomic mass is 10.3. The van der Waals surface area contributed by atoms with Crippen LogP contribution in [0.3, 0.4) is 0 Å². The molecule has 0 spiro atoms. The zero-order chi connectivity index (χ0) is 9.35. The van der Waals surface area contributed by atoms with Gasteiger partial charge in [-0.2, -0.15) is 0 Å². The Bertz CT molecular complexity index is 345. The quantitative estimate of drug-likeness (QED) is 0.536. The van der Waals surface area contributed by atoms with Crippen molar-refractivity contribution in [1.82, 2.24) is 0 Å². The monoisotopic (exact) mass is 187 g/mol. The SMILES string of the molecule is CP(C)(=O)c1cc(N)ccc1F. The third-order valence-corrected chi connectivity index (χ3v) is 3.05. The Kier molecular flexibility index (Phi) is 2.25. The van der Waals surface area contributed by atoms with Gasteiger partial charge in [0.15, 0.2) is 0 Å². The Morgan fingerprint density at radius 2 is 2.00 bits per heavy atom. The van der Waals surface area contributed by atoms with E-state index in [2.05, 4.69) is 0 Å². The summed E-state index contributed by atoms with van der Waals surface area (Å²) in [5, 5.41) is 0.225. The Morgan fingerprint density at radius 1 is 1.42 bits per heavy atom. The van der Waals surface area contributed by atoms with Crippen LogP contribution in [0.1, 0.15) is 0 Å². The average Bonchev–Trinajstić information content (AvgIpc) is 1.92. The molecule has 0 unspecified atom stereocenters. The number of hydrogen-bond donors (Lipinski definition) is 1. The Labute approximate surface area is 71.0 Å². The second kappa shape index (κ2) is 2.91. The van der Waals surface area contributed by atoms with Gasteiger partial charge in [-0.3, -0.25) is 0 Å². The molecule has 2 N–H and O–H groups in total. The Hall–Kier alpha value is -0.820. The minimum absolute atomic E-state index is 0.225. The van der Waals surface area contributed by atoms with E-state index in [1.54, 1.807) is 0 Å². The van der Waals surface area contributed by atoms with Gasteiger partial charge in [-0.05, 0) is 31.5 Å². The lowest BCUT2D eigenvalue weighted by Crippen LogP contribution is -2.09. The largest absolute Gasteiger partial charge is 0.399 e. The maximum atomic E-state index is 13.0. The van der Waals surface area contributed by atoms with Gasteiger partial charge in [0.1, 0.15) is 13.0 Å². The van der Waals surface area contributed by atoms with Gasteiger partial charge in [-0.1, -0.05) is 0 Å². The van der Waals surface area contributed by atoms with Gasteiger partial charge >= 0.3 is 0 Å². The van der Waals surface area contributed by atoms with E-state index in [4.69, 9.17) is 5.73 Å². The number of nitrogen functional groups attached to an aromatic ring is 1. The van der Waals surface area contributed by atoms with Crippen molar-refractivity contribution >= 4 is 18.1 Å². The molecule has 12 heavy (non-hydrogen) atoms. The molecule has 0 aliphatic heterocycles. The molecule has 0 heterocycles. The molecule has 2 nitrogen and oxygen atoms in total. The van der Waals surface area contributed by atoms with Gasteiger partial charge in [0, 0.05) is 11.0 Å². The van der Waals surface area contributed by atoms with Crippen LogP contribution >= 0.6 is 7.14 Å². The molecule has 0 radical (unpaired) electrons. The molecule has 0 saturated carbocycles. The fourth-order valence-electron chi connectivity index (χ4n) is 0.942. The summed E-state index contributed by atoms with van der Waals surface area (Å²) in [7, 11) is -2.54. The van der Waals surface area contributed by atoms with Gasteiger partial charge in [0.2, 0.25) is 0 Å². The highest BCUT2D eigenvalue weighted by Crippen LogP contribution is 2.35. The van der Waals surface area contributed by atoms with E-state index in [1.165, 1.54) is 31.5 Å². The standard InChI is InChI=1S/C8H11FNOP/c1-12(2,11)8-5-6(10)3-4-7(8)9/h3-5H,10H2,1-2H3. The first-order valence-electron chi connectivity index (χ1n) is 3.52. The first-order valence-corrected chi connectivity index (χ1v) is 6.12. The number of nitrogens with two attached hydrogens (primary N) is 1. The van der Waals surface area contributed by atoms with Crippen molar-refractivity contribution in [2.45, 2.75) is 0 Å². The van der Waals surface area contributed by atoms with E-state index in [0.29, 0.717) is 5.69 Å². The number of anilines is 1. The third kappa shape index (κ3) is 1.86. The fourth-order valence-corrected chi connectivity index (χ4v) is 1.99. The van der Waals surface area contributed by atoms with Crippen molar-refractivity contribution in [2.24, 2.45) is 0 Å². The van der Waals surface area contributed by atoms with Crippen LogP contribution in [0.15, 0.2) is 18.2 Å². The lowest BCUT2D eigenvalue weighted by molar-refractivity contribution is 0.584. The van der Waals surface area contributed by atoms with Crippen molar-refractivity contribution in [1.29, 1.82) is 0 Å². The van der Waals surface area contributed by atoms with Crippen molar-refractivity contribution in [3.63, 3.8) is 0 Å². The van der Waals surface area contributed by atoms with Crippen LogP contribution in [0.5, 0.6) is 0 Å². The van der Waals surface area contributed by atoms with Crippen LogP contribution in [-0.4, -0.2) is 13.3 Å². The maximum Gasteiger partial charge on any atom is 0.134 e. The molecule has 4 heteroatoms. The van der Waals surface area contributed by atoms with Crippen LogP contribution in [0.4, 0.5) is 10.1 Å². The van der Waals surface area contributed by atoms with Crippen LogP contribution in [0.2, 0.25) is 0 Å². The molecule has 0 aromatic heterocycles. The second-order valence-corrected chi connectivity index (χ2v) is 6.25. The summed E-state index contributed by atoms with van der Waals surface area (Å²) >= 11 is 0. The Balaban J connectivity index is 3.33. The van der Waals surface area contributed by atoms with E-state index in [1.807, 2.05) is 0 Å². The zero-order valence-corrected chi connectivity index (χ0v) is 7.94. The average molecular weight is 187 g/mol. The summed E-state index contributed by atoms with van der Waals surface area (Å²) in [5.74, 6) is -0.447. The van der Waals surface area contributed by atoms with E-state index in [-0.39, 0.29) is 5.30 Å². The molecule has 1 rings (SSSR count).